The molecule has 0 saturated heterocycles. The second-order valence-corrected chi connectivity index (χ2v) is 7.72. The van der Waals surface area contributed by atoms with Gasteiger partial charge in [0.15, 0.2) is 11.5 Å². The first-order chi connectivity index (χ1) is 16.2. The Hall–Kier alpha value is -4.70. The summed E-state index contributed by atoms with van der Waals surface area (Å²) in [5.41, 5.74) is 10.7. The van der Waals surface area contributed by atoms with Crippen LogP contribution < -0.4 is 19.9 Å². The van der Waals surface area contributed by atoms with Crippen molar-refractivity contribution in [1.29, 1.82) is 5.26 Å². The van der Waals surface area contributed by atoms with Gasteiger partial charge in [0.05, 0.1) is 17.2 Å². The van der Waals surface area contributed by atoms with Gasteiger partial charge in [-0.15, -0.1) is 0 Å². The van der Waals surface area contributed by atoms with Gasteiger partial charge in [0, 0.05) is 5.56 Å². The van der Waals surface area contributed by atoms with Crippen molar-refractivity contribution in [1.82, 2.24) is 9.78 Å². The van der Waals surface area contributed by atoms with E-state index in [-0.39, 0.29) is 12.7 Å². The zero-order valence-electron chi connectivity index (χ0n) is 17.4. The van der Waals surface area contributed by atoms with Gasteiger partial charge in [0.1, 0.15) is 17.3 Å². The number of rotatable bonds is 3. The van der Waals surface area contributed by atoms with Crippen molar-refractivity contribution in [2.45, 2.75) is 5.92 Å². The van der Waals surface area contributed by atoms with Crippen LogP contribution in [0.2, 0.25) is 0 Å². The van der Waals surface area contributed by atoms with Gasteiger partial charge < -0.3 is 19.9 Å². The number of nitrogens with two attached hydrogens (primary N) is 1. The van der Waals surface area contributed by atoms with E-state index in [1.807, 2.05) is 78.9 Å². The number of nitrogens with zero attached hydrogens (tertiary/aromatic N) is 3. The molecule has 160 valence electrons. The number of ether oxygens (including phenoxy) is 3. The number of allylic oxidation sites excluding steroid dienone is 1. The lowest BCUT2D eigenvalue weighted by Crippen LogP contribution is -2.22. The molecule has 0 spiro atoms. The summed E-state index contributed by atoms with van der Waals surface area (Å²) in [5.74, 6) is 1.36. The molecule has 4 aromatic rings. The van der Waals surface area contributed by atoms with Crippen LogP contribution in [0.5, 0.6) is 17.4 Å². The quantitative estimate of drug-likeness (QED) is 0.511. The van der Waals surface area contributed by atoms with E-state index >= 15 is 0 Å². The number of hydrogen-bond donors (Lipinski definition) is 1. The Morgan fingerprint density at radius 2 is 1.67 bits per heavy atom. The lowest BCUT2D eigenvalue weighted by atomic mass is 9.83. The predicted molar refractivity (Wildman–Crippen MR) is 121 cm³/mol. The fourth-order valence-corrected chi connectivity index (χ4v) is 4.32. The number of benzene rings is 3. The molecule has 2 N–H and O–H groups in total. The molecule has 7 heteroatoms. The summed E-state index contributed by atoms with van der Waals surface area (Å²) < 4.78 is 18.9. The molecular formula is C26H18N4O3. The molecule has 1 atom stereocenters. The molecule has 0 radical (unpaired) electrons. The van der Waals surface area contributed by atoms with Gasteiger partial charge >= 0.3 is 0 Å². The maximum Gasteiger partial charge on any atom is 0.231 e. The summed E-state index contributed by atoms with van der Waals surface area (Å²) in [5, 5.41) is 15.0. The summed E-state index contributed by atoms with van der Waals surface area (Å²) in [6, 6.07) is 27.5. The zero-order chi connectivity index (χ0) is 22.4. The molecule has 3 aromatic carbocycles. The Kier molecular flexibility index (Phi) is 4.30. The van der Waals surface area contributed by atoms with Crippen LogP contribution in [0.15, 0.2) is 90.3 Å². The van der Waals surface area contributed by atoms with Crippen LogP contribution in [-0.2, 0) is 0 Å². The second kappa shape index (κ2) is 7.46. The Bertz CT molecular complexity index is 1440. The minimum atomic E-state index is -0.485. The fourth-order valence-electron chi connectivity index (χ4n) is 4.32. The second-order valence-electron chi connectivity index (χ2n) is 7.72. The van der Waals surface area contributed by atoms with Gasteiger partial charge in [-0.25, -0.2) is 0 Å². The molecule has 0 fully saturated rings. The maximum absolute atomic E-state index is 10.0. The highest BCUT2D eigenvalue weighted by atomic mass is 16.7. The van der Waals surface area contributed by atoms with Gasteiger partial charge in [0.25, 0.3) is 0 Å². The van der Waals surface area contributed by atoms with Crippen LogP contribution in [-0.4, -0.2) is 16.6 Å². The van der Waals surface area contributed by atoms with Gasteiger partial charge in [-0.2, -0.15) is 15.0 Å². The third-order valence-electron chi connectivity index (χ3n) is 5.83. The summed E-state index contributed by atoms with van der Waals surface area (Å²) in [6.45, 7) is 0.169. The van der Waals surface area contributed by atoms with Gasteiger partial charge in [-0.1, -0.05) is 54.6 Å². The van der Waals surface area contributed by atoms with E-state index in [1.54, 1.807) is 4.68 Å². The van der Waals surface area contributed by atoms with Crippen LogP contribution in [0.1, 0.15) is 17.0 Å². The molecule has 3 heterocycles. The standard InChI is InChI=1S/C26H18N4O3/c27-14-19-22(17-11-12-20-21(13-17)32-15-31-20)23-24(16-7-3-1-4-8-16)29-30(26(23)33-25(19)28)18-9-5-2-6-10-18/h1-13,22H,15,28H2. The minimum absolute atomic E-state index is 0.0596. The molecule has 6 rings (SSSR count). The van der Waals surface area contributed by atoms with Gasteiger partial charge in [-0.3, -0.25) is 0 Å². The molecule has 0 amide bonds. The molecule has 2 aliphatic heterocycles. The molecule has 1 unspecified atom stereocenters. The highest BCUT2D eigenvalue weighted by molar-refractivity contribution is 5.72. The summed E-state index contributed by atoms with van der Waals surface area (Å²) in [6.07, 6.45) is 0. The van der Waals surface area contributed by atoms with E-state index in [0.29, 0.717) is 23.0 Å². The smallest absolute Gasteiger partial charge is 0.231 e. The normalized spacial score (nSPS) is 16.2. The summed E-state index contributed by atoms with van der Waals surface area (Å²) in [7, 11) is 0. The van der Waals surface area contributed by atoms with Crippen molar-refractivity contribution in [3.63, 3.8) is 0 Å². The van der Waals surface area contributed by atoms with E-state index in [2.05, 4.69) is 6.07 Å². The van der Waals surface area contributed by atoms with E-state index in [0.717, 1.165) is 28.1 Å². The Morgan fingerprint density at radius 1 is 0.939 bits per heavy atom. The van der Waals surface area contributed by atoms with Crippen molar-refractivity contribution in [3.05, 3.63) is 101 Å². The average Bonchev–Trinajstić information content (AvgIpc) is 3.48. The van der Waals surface area contributed by atoms with Crippen LogP contribution in [0.4, 0.5) is 0 Å². The van der Waals surface area contributed by atoms with Crippen LogP contribution >= 0.6 is 0 Å². The third kappa shape index (κ3) is 3.00. The Labute approximate surface area is 189 Å². The van der Waals surface area contributed by atoms with Crippen LogP contribution in [0.25, 0.3) is 16.9 Å². The summed E-state index contributed by atoms with van der Waals surface area (Å²) in [4.78, 5) is 0. The number of aromatic nitrogens is 2. The first kappa shape index (κ1) is 19.0. The monoisotopic (exact) mass is 434 g/mol. The molecule has 0 saturated carbocycles. The van der Waals surface area contributed by atoms with Crippen molar-refractivity contribution >= 4 is 0 Å². The predicted octanol–water partition coefficient (Wildman–Crippen LogP) is 4.49. The Balaban J connectivity index is 1.64. The molecular weight excluding hydrogens is 416 g/mol. The zero-order valence-corrected chi connectivity index (χ0v) is 17.4. The third-order valence-corrected chi connectivity index (χ3v) is 5.83. The minimum Gasteiger partial charge on any atom is -0.454 e. The molecule has 33 heavy (non-hydrogen) atoms. The number of para-hydroxylation sites is 1. The van der Waals surface area contributed by atoms with Crippen molar-refractivity contribution < 1.29 is 14.2 Å². The molecule has 0 bridgehead atoms. The number of nitriles is 1. The lowest BCUT2D eigenvalue weighted by Gasteiger charge is -2.25. The SMILES string of the molecule is N#CC1=C(N)Oc2c(c(-c3ccccc3)nn2-c2ccccc2)C1c1ccc2c(c1)OCO2. The fraction of sp³-hybridized carbons (Fsp3) is 0.0769. The van der Waals surface area contributed by atoms with E-state index in [9.17, 15) is 5.26 Å². The molecule has 7 nitrogen and oxygen atoms in total. The number of fused-ring (bicyclic) bond motifs is 2. The van der Waals surface area contributed by atoms with E-state index in [4.69, 9.17) is 25.0 Å². The highest BCUT2D eigenvalue weighted by Gasteiger charge is 2.38. The molecule has 2 aliphatic rings. The van der Waals surface area contributed by atoms with Crippen LogP contribution in [0, 0.1) is 11.3 Å². The number of hydrogen-bond acceptors (Lipinski definition) is 6. The van der Waals surface area contributed by atoms with Crippen molar-refractivity contribution in [3.8, 4) is 40.4 Å². The average molecular weight is 434 g/mol. The maximum atomic E-state index is 10.0. The molecule has 1 aromatic heterocycles. The van der Waals surface area contributed by atoms with Crippen molar-refractivity contribution in [2.24, 2.45) is 5.73 Å². The lowest BCUT2D eigenvalue weighted by molar-refractivity contribution is 0.174. The topological polar surface area (TPSA) is 95.3 Å². The van der Waals surface area contributed by atoms with Crippen LogP contribution in [0.3, 0.4) is 0 Å². The van der Waals surface area contributed by atoms with Gasteiger partial charge in [-0.05, 0) is 29.8 Å². The highest BCUT2D eigenvalue weighted by Crippen LogP contribution is 2.49. The van der Waals surface area contributed by atoms with Crippen molar-refractivity contribution in [2.75, 3.05) is 6.79 Å². The van der Waals surface area contributed by atoms with E-state index < -0.39 is 5.92 Å². The molecule has 0 aliphatic carbocycles. The summed E-state index contributed by atoms with van der Waals surface area (Å²) >= 11 is 0. The first-order valence-electron chi connectivity index (χ1n) is 10.5. The largest absolute Gasteiger partial charge is 0.454 e. The van der Waals surface area contributed by atoms with Gasteiger partial charge in [0.2, 0.25) is 18.6 Å². The van der Waals surface area contributed by atoms with E-state index in [1.165, 1.54) is 0 Å². The first-order valence-corrected chi connectivity index (χ1v) is 10.5. The Morgan fingerprint density at radius 3 is 2.42 bits per heavy atom.